The Morgan fingerprint density at radius 3 is 2.58 bits per heavy atom. The number of H-pyrrole nitrogens is 1. The van der Waals surface area contributed by atoms with Crippen LogP contribution in [0.2, 0.25) is 0 Å². The smallest absolute Gasteiger partial charge is 0.324 e. The molecule has 0 aromatic carbocycles. The molecule has 2 heterocycles. The van der Waals surface area contributed by atoms with Crippen LogP contribution in [0.15, 0.2) is 16.9 Å². The molecule has 3 rings (SSSR count). The molecule has 0 unspecified atom stereocenters. The highest BCUT2D eigenvalue weighted by atomic mass is 32.2. The second-order valence-electron chi connectivity index (χ2n) is 8.45. The summed E-state index contributed by atoms with van der Waals surface area (Å²) < 4.78 is 31.0. The van der Waals surface area contributed by atoms with Gasteiger partial charge in [-0.2, -0.15) is 0 Å². The molecule has 1 saturated heterocycles. The van der Waals surface area contributed by atoms with Gasteiger partial charge in [-0.05, 0) is 49.5 Å². The molecule has 1 saturated carbocycles. The van der Waals surface area contributed by atoms with Crippen LogP contribution in [0.1, 0.15) is 56.9 Å². The molecule has 2 fully saturated rings. The lowest BCUT2D eigenvalue weighted by molar-refractivity contribution is -0.118. The molecule has 1 atom stereocenters. The number of aromatic nitrogens is 1. The van der Waals surface area contributed by atoms with Crippen molar-refractivity contribution in [2.45, 2.75) is 51.4 Å². The number of hydrogen-bond donors (Lipinski definition) is 2. The molecule has 1 aromatic heterocycles. The topological polar surface area (TPSA) is 126 Å². The van der Waals surface area contributed by atoms with E-state index >= 15 is 0 Å². The Morgan fingerprint density at radius 2 is 1.94 bits per heavy atom. The fraction of sp³-hybridized carbons (Fsp3) is 0.667. The number of urea groups is 1. The highest BCUT2D eigenvalue weighted by molar-refractivity contribution is 7.91. The predicted molar refractivity (Wildman–Crippen MR) is 116 cm³/mol. The first kappa shape index (κ1) is 23.3. The Hall–Kier alpha value is -2.36. The maximum Gasteiger partial charge on any atom is 0.324 e. The number of ether oxygens (including phenoxy) is 1. The van der Waals surface area contributed by atoms with Crippen LogP contribution in [0.5, 0.6) is 5.88 Å². The fourth-order valence-electron chi connectivity index (χ4n) is 3.65. The first-order chi connectivity index (χ1) is 14.8. The number of carbonyl (C=O) groups is 2. The van der Waals surface area contributed by atoms with Crippen LogP contribution in [-0.2, 0) is 14.6 Å². The van der Waals surface area contributed by atoms with E-state index in [0.717, 1.165) is 12.8 Å². The zero-order valence-corrected chi connectivity index (χ0v) is 18.7. The molecule has 9 nitrogen and oxygen atoms in total. The average Bonchev–Trinajstić information content (AvgIpc) is 3.47. The molecule has 1 aliphatic heterocycles. The Bertz CT molecular complexity index is 954. The number of unbranched alkanes of at least 4 members (excludes halogenated alkanes) is 2. The zero-order valence-electron chi connectivity index (χ0n) is 17.9. The summed E-state index contributed by atoms with van der Waals surface area (Å²) in [6, 6.07) is 2.81. The van der Waals surface area contributed by atoms with Crippen LogP contribution < -0.4 is 15.6 Å². The van der Waals surface area contributed by atoms with E-state index < -0.39 is 9.84 Å². The molecule has 172 valence electrons. The highest BCUT2D eigenvalue weighted by Crippen LogP contribution is 2.30. The summed E-state index contributed by atoms with van der Waals surface area (Å²) in [5.74, 6) is 0.416. The Kier molecular flexibility index (Phi) is 7.74. The number of amides is 3. The molecule has 2 N–H and O–H groups in total. The minimum absolute atomic E-state index is 0.0158. The number of nitrogens with zero attached hydrogens (tertiary/aromatic N) is 1. The van der Waals surface area contributed by atoms with Gasteiger partial charge in [-0.25, -0.2) is 13.2 Å². The lowest BCUT2D eigenvalue weighted by atomic mass is 10.00. The van der Waals surface area contributed by atoms with Gasteiger partial charge in [0.25, 0.3) is 5.56 Å². The molecule has 2 aliphatic rings. The van der Waals surface area contributed by atoms with Gasteiger partial charge in [0.2, 0.25) is 5.91 Å². The Morgan fingerprint density at radius 1 is 1.16 bits per heavy atom. The number of pyridine rings is 1. The summed E-state index contributed by atoms with van der Waals surface area (Å²) >= 11 is 0. The quantitative estimate of drug-likeness (QED) is 0.346. The molecule has 10 heteroatoms. The number of aromatic amines is 1. The number of nitrogens with one attached hydrogen (secondary N) is 2. The molecule has 31 heavy (non-hydrogen) atoms. The van der Waals surface area contributed by atoms with Crippen molar-refractivity contribution in [2.24, 2.45) is 5.92 Å². The van der Waals surface area contributed by atoms with E-state index in [0.29, 0.717) is 56.2 Å². The molecular formula is C21H31N3O6S. The minimum atomic E-state index is -3.30. The van der Waals surface area contributed by atoms with Gasteiger partial charge in [-0.3, -0.25) is 19.9 Å². The van der Waals surface area contributed by atoms with Crippen molar-refractivity contribution in [1.29, 1.82) is 0 Å². The number of carbonyl (C=O) groups excluding carboxylic acids is 2. The third-order valence-electron chi connectivity index (χ3n) is 5.68. The van der Waals surface area contributed by atoms with Crippen molar-refractivity contribution in [3.63, 3.8) is 0 Å². The Labute approximate surface area is 182 Å². The lowest BCUT2D eigenvalue weighted by Crippen LogP contribution is -2.29. The molecule has 0 radical (unpaired) electrons. The van der Waals surface area contributed by atoms with Gasteiger partial charge < -0.3 is 9.64 Å². The first-order valence-corrected chi connectivity index (χ1v) is 12.7. The van der Waals surface area contributed by atoms with Crippen molar-refractivity contribution in [3.8, 4) is 5.88 Å². The van der Waals surface area contributed by atoms with Gasteiger partial charge in [-0.15, -0.1) is 0 Å². The summed E-state index contributed by atoms with van der Waals surface area (Å²) in [4.78, 5) is 38.8. The van der Waals surface area contributed by atoms with Crippen LogP contribution in [0.3, 0.4) is 0 Å². The third-order valence-corrected chi connectivity index (χ3v) is 7.51. The van der Waals surface area contributed by atoms with Gasteiger partial charge in [0, 0.05) is 18.7 Å². The summed E-state index contributed by atoms with van der Waals surface area (Å²) in [5.41, 5.74) is 0.397. The van der Waals surface area contributed by atoms with Crippen LogP contribution in [0.25, 0.3) is 0 Å². The van der Waals surface area contributed by atoms with Gasteiger partial charge >= 0.3 is 6.03 Å². The molecule has 1 aliphatic carbocycles. The van der Waals surface area contributed by atoms with E-state index in [9.17, 15) is 22.8 Å². The minimum Gasteiger partial charge on any atom is -0.479 e. The second-order valence-corrected chi connectivity index (χ2v) is 10.7. The largest absolute Gasteiger partial charge is 0.479 e. The van der Waals surface area contributed by atoms with Crippen LogP contribution >= 0.6 is 0 Å². The number of sulfone groups is 1. The summed E-state index contributed by atoms with van der Waals surface area (Å²) in [5, 5.41) is 2.22. The number of rotatable bonds is 13. The van der Waals surface area contributed by atoms with Crippen LogP contribution in [0, 0.1) is 5.92 Å². The molecule has 1 aromatic rings. The van der Waals surface area contributed by atoms with E-state index in [-0.39, 0.29) is 41.5 Å². The van der Waals surface area contributed by atoms with Gasteiger partial charge in [0.1, 0.15) is 6.54 Å². The van der Waals surface area contributed by atoms with Gasteiger partial charge in [0.15, 0.2) is 15.7 Å². The van der Waals surface area contributed by atoms with Gasteiger partial charge in [-0.1, -0.05) is 13.3 Å². The molecular weight excluding hydrogens is 422 g/mol. The van der Waals surface area contributed by atoms with Crippen molar-refractivity contribution >= 4 is 21.8 Å². The second kappa shape index (κ2) is 10.3. The van der Waals surface area contributed by atoms with Crippen molar-refractivity contribution in [1.82, 2.24) is 15.2 Å². The van der Waals surface area contributed by atoms with Crippen LogP contribution in [0.4, 0.5) is 4.79 Å². The highest BCUT2D eigenvalue weighted by Gasteiger charge is 2.26. The number of imide groups is 1. The van der Waals surface area contributed by atoms with Crippen molar-refractivity contribution < 1.29 is 22.7 Å². The summed E-state index contributed by atoms with van der Waals surface area (Å²) in [6.07, 6.45) is 4.67. The van der Waals surface area contributed by atoms with E-state index in [1.807, 2.05) is 6.92 Å². The standard InChI is InChI=1S/C21H31N3O6S/c1-2-16(17-10-18(25)22-20(11-17)30-13-15-6-7-15)14-31(28,29)9-5-3-4-8-24-12-19(26)23-21(24)27/h10-11,15-16H,2-9,12-14H2,1H3,(H,22,25)(H,23,26,27)/t16-/m0/s1. The van der Waals surface area contributed by atoms with Crippen LogP contribution in [-0.4, -0.2) is 61.4 Å². The first-order valence-electron chi connectivity index (χ1n) is 10.9. The summed E-state index contributed by atoms with van der Waals surface area (Å²) in [6.45, 7) is 2.99. The van der Waals surface area contributed by atoms with E-state index in [1.54, 1.807) is 6.07 Å². The third kappa shape index (κ3) is 7.37. The lowest BCUT2D eigenvalue weighted by Gasteiger charge is -2.17. The normalized spacial score (nSPS) is 17.6. The van der Waals surface area contributed by atoms with E-state index in [4.69, 9.17) is 4.74 Å². The summed E-state index contributed by atoms with van der Waals surface area (Å²) in [7, 11) is -3.30. The zero-order chi connectivity index (χ0) is 22.4. The SMILES string of the molecule is CC[C@@H](CS(=O)(=O)CCCCCN1CC(=O)NC1=O)c1cc(OCC2CC2)[nH]c(=O)c1. The maximum absolute atomic E-state index is 12.6. The predicted octanol–water partition coefficient (Wildman–Crippen LogP) is 1.79. The molecule has 3 amide bonds. The number of hydrogen-bond acceptors (Lipinski definition) is 6. The average molecular weight is 454 g/mol. The van der Waals surface area contributed by atoms with E-state index in [2.05, 4.69) is 10.3 Å². The monoisotopic (exact) mass is 453 g/mol. The fourth-order valence-corrected chi connectivity index (χ4v) is 5.50. The Balaban J connectivity index is 1.47. The molecule has 0 spiro atoms. The van der Waals surface area contributed by atoms with Gasteiger partial charge in [0.05, 0.1) is 18.1 Å². The van der Waals surface area contributed by atoms with Crippen molar-refractivity contribution in [2.75, 3.05) is 31.2 Å². The van der Waals surface area contributed by atoms with E-state index in [1.165, 1.54) is 11.0 Å². The maximum atomic E-state index is 12.6. The molecule has 0 bridgehead atoms. The van der Waals surface area contributed by atoms with Crippen molar-refractivity contribution in [3.05, 3.63) is 28.0 Å².